The van der Waals surface area contributed by atoms with E-state index in [2.05, 4.69) is 68.6 Å². The van der Waals surface area contributed by atoms with E-state index < -0.39 is 0 Å². The molecule has 4 heterocycles. The van der Waals surface area contributed by atoms with Gasteiger partial charge in [0.05, 0.1) is 31.5 Å². The van der Waals surface area contributed by atoms with Crippen LogP contribution in [-0.2, 0) is 16.1 Å². The van der Waals surface area contributed by atoms with Crippen molar-refractivity contribution in [3.8, 4) is 11.5 Å². The van der Waals surface area contributed by atoms with Crippen LogP contribution >= 0.6 is 0 Å². The van der Waals surface area contributed by atoms with Crippen LogP contribution in [0.5, 0.6) is 11.5 Å². The van der Waals surface area contributed by atoms with Gasteiger partial charge in [0.25, 0.3) is 0 Å². The van der Waals surface area contributed by atoms with Crippen LogP contribution in [0.25, 0.3) is 0 Å². The molecule has 0 amide bonds. The van der Waals surface area contributed by atoms with E-state index in [9.17, 15) is 0 Å². The summed E-state index contributed by atoms with van der Waals surface area (Å²) in [6.45, 7) is 7.62. The number of ether oxygens (including phenoxy) is 4. The predicted octanol–water partition coefficient (Wildman–Crippen LogP) is 4.64. The summed E-state index contributed by atoms with van der Waals surface area (Å²) >= 11 is 0. The summed E-state index contributed by atoms with van der Waals surface area (Å²) < 4.78 is 24.1. The van der Waals surface area contributed by atoms with Crippen LogP contribution in [0.4, 0.5) is 11.5 Å². The van der Waals surface area contributed by atoms with E-state index in [-0.39, 0.29) is 12.2 Å². The number of hydrogen-bond donors (Lipinski definition) is 1. The van der Waals surface area contributed by atoms with Gasteiger partial charge in [-0.25, -0.2) is 4.98 Å². The maximum atomic E-state index is 6.57. The Hall–Kier alpha value is -3.33. The highest BCUT2D eigenvalue weighted by Gasteiger charge is 2.28. The van der Waals surface area contributed by atoms with Gasteiger partial charge in [-0.1, -0.05) is 24.3 Å². The minimum Gasteiger partial charge on any atom is -0.490 e. The van der Waals surface area contributed by atoms with Crippen molar-refractivity contribution in [3.63, 3.8) is 0 Å². The molecule has 0 saturated carbocycles. The molecule has 8 nitrogen and oxygen atoms in total. The number of piperidine rings is 1. The Balaban J connectivity index is 1.05. The van der Waals surface area contributed by atoms with Crippen LogP contribution in [0.3, 0.4) is 0 Å². The largest absolute Gasteiger partial charge is 0.490 e. The van der Waals surface area contributed by atoms with Gasteiger partial charge in [-0.15, -0.1) is 0 Å². The Morgan fingerprint density at radius 2 is 1.98 bits per heavy atom. The standard InChI is InChI=1S/C33H42N4O4/c1-38-19-4-16-36-18-20-39-31-11-6-25(21-30(31)36)24-40-32-22-34-15-12-29(32)26-7-9-27(10-8-26)41-28-13-17-37(23-28)33-5-2-3-14-35-33/h2-3,5-11,14,21,28-29,32,34H,4,12-13,15-20,22-24H2,1H3/t28-,29?,32?/m0/s1. The van der Waals surface area contributed by atoms with Crippen molar-refractivity contribution < 1.29 is 18.9 Å². The molecule has 1 aromatic heterocycles. The molecule has 2 aromatic carbocycles. The molecule has 2 unspecified atom stereocenters. The average Bonchev–Trinajstić information content (AvgIpc) is 3.50. The van der Waals surface area contributed by atoms with Gasteiger partial charge in [-0.2, -0.15) is 0 Å². The third kappa shape index (κ3) is 6.94. The van der Waals surface area contributed by atoms with E-state index in [1.54, 1.807) is 7.11 Å². The Kier molecular flexibility index (Phi) is 9.20. The number of fused-ring (bicyclic) bond motifs is 1. The maximum Gasteiger partial charge on any atom is 0.142 e. The molecule has 0 bridgehead atoms. The lowest BCUT2D eigenvalue weighted by atomic mass is 9.87. The lowest BCUT2D eigenvalue weighted by Crippen LogP contribution is -2.41. The summed E-state index contributed by atoms with van der Waals surface area (Å²) in [5.74, 6) is 3.26. The van der Waals surface area contributed by atoms with Crippen molar-refractivity contribution >= 4 is 11.5 Å². The molecular weight excluding hydrogens is 516 g/mol. The molecule has 0 spiro atoms. The Morgan fingerprint density at radius 1 is 1.05 bits per heavy atom. The Morgan fingerprint density at radius 3 is 2.83 bits per heavy atom. The molecule has 41 heavy (non-hydrogen) atoms. The molecule has 0 radical (unpaired) electrons. The van der Waals surface area contributed by atoms with Crippen LogP contribution in [0.2, 0.25) is 0 Å². The molecule has 3 aromatic rings. The number of hydrogen-bond acceptors (Lipinski definition) is 8. The van der Waals surface area contributed by atoms with Gasteiger partial charge in [0.1, 0.15) is 30.0 Å². The number of aromatic nitrogens is 1. The second-order valence-corrected chi connectivity index (χ2v) is 11.2. The van der Waals surface area contributed by atoms with Crippen LogP contribution in [0, 0.1) is 0 Å². The van der Waals surface area contributed by atoms with Gasteiger partial charge in [-0.05, 0) is 66.9 Å². The maximum absolute atomic E-state index is 6.57. The normalized spacial score (nSPS) is 22.3. The highest BCUT2D eigenvalue weighted by atomic mass is 16.5. The van der Waals surface area contributed by atoms with E-state index in [1.165, 1.54) is 11.1 Å². The van der Waals surface area contributed by atoms with E-state index in [0.717, 1.165) is 94.7 Å². The first-order valence-electron chi connectivity index (χ1n) is 15.0. The molecular formula is C33H42N4O4. The smallest absolute Gasteiger partial charge is 0.142 e. The molecule has 8 heteroatoms. The van der Waals surface area contributed by atoms with E-state index in [1.807, 2.05) is 18.3 Å². The zero-order valence-electron chi connectivity index (χ0n) is 24.0. The van der Waals surface area contributed by atoms with Crippen molar-refractivity contribution in [2.24, 2.45) is 0 Å². The Bertz CT molecular complexity index is 1240. The number of pyridine rings is 1. The first-order valence-corrected chi connectivity index (χ1v) is 15.0. The first kappa shape index (κ1) is 27.8. The van der Waals surface area contributed by atoms with Crippen molar-refractivity contribution in [2.45, 2.75) is 44.0 Å². The fourth-order valence-corrected chi connectivity index (χ4v) is 6.19. The third-order valence-electron chi connectivity index (χ3n) is 8.38. The molecule has 1 N–H and O–H groups in total. The van der Waals surface area contributed by atoms with E-state index in [4.69, 9.17) is 18.9 Å². The van der Waals surface area contributed by atoms with E-state index >= 15 is 0 Å². The zero-order valence-corrected chi connectivity index (χ0v) is 24.0. The predicted molar refractivity (Wildman–Crippen MR) is 161 cm³/mol. The van der Waals surface area contributed by atoms with Gasteiger partial charge in [0, 0.05) is 51.9 Å². The second-order valence-electron chi connectivity index (χ2n) is 11.2. The summed E-state index contributed by atoms with van der Waals surface area (Å²) in [7, 11) is 1.76. The minimum absolute atomic E-state index is 0.113. The zero-order chi connectivity index (χ0) is 27.9. The van der Waals surface area contributed by atoms with Gasteiger partial charge in [0.15, 0.2) is 0 Å². The summed E-state index contributed by atoms with van der Waals surface area (Å²) in [6, 6.07) is 21.2. The summed E-state index contributed by atoms with van der Waals surface area (Å²) in [5.41, 5.74) is 3.65. The topological polar surface area (TPSA) is 68.3 Å². The molecule has 3 aliphatic rings. The van der Waals surface area contributed by atoms with Crippen molar-refractivity contribution in [2.75, 3.05) is 69.4 Å². The van der Waals surface area contributed by atoms with Crippen molar-refractivity contribution in [1.29, 1.82) is 0 Å². The third-order valence-corrected chi connectivity index (χ3v) is 8.38. The number of methoxy groups -OCH3 is 1. The molecule has 2 fully saturated rings. The van der Waals surface area contributed by atoms with Gasteiger partial charge >= 0.3 is 0 Å². The van der Waals surface area contributed by atoms with Crippen LogP contribution in [0.1, 0.15) is 36.3 Å². The summed E-state index contributed by atoms with van der Waals surface area (Å²) in [6.07, 6.45) is 5.19. The summed E-state index contributed by atoms with van der Waals surface area (Å²) in [4.78, 5) is 9.18. The van der Waals surface area contributed by atoms with Gasteiger partial charge in [0.2, 0.25) is 0 Å². The lowest BCUT2D eigenvalue weighted by Gasteiger charge is -2.33. The molecule has 0 aliphatic carbocycles. The number of rotatable bonds is 11. The summed E-state index contributed by atoms with van der Waals surface area (Å²) in [5, 5.41) is 3.53. The fraction of sp³-hybridized carbons (Fsp3) is 0.485. The van der Waals surface area contributed by atoms with Gasteiger partial charge in [-0.3, -0.25) is 0 Å². The number of benzene rings is 2. The SMILES string of the molecule is COCCCN1CCOc2ccc(COC3CNCCC3c3ccc(O[C@H]4CCN(c5ccccn5)C4)cc3)cc21. The number of nitrogens with one attached hydrogen (secondary N) is 1. The lowest BCUT2D eigenvalue weighted by molar-refractivity contribution is 0.0106. The molecule has 6 rings (SSSR count). The van der Waals surface area contributed by atoms with Gasteiger partial charge < -0.3 is 34.1 Å². The van der Waals surface area contributed by atoms with E-state index in [0.29, 0.717) is 12.5 Å². The number of anilines is 2. The van der Waals surface area contributed by atoms with Crippen molar-refractivity contribution in [3.05, 3.63) is 78.0 Å². The van der Waals surface area contributed by atoms with Crippen LogP contribution in [0.15, 0.2) is 66.9 Å². The number of nitrogens with zero attached hydrogens (tertiary/aromatic N) is 3. The van der Waals surface area contributed by atoms with Crippen LogP contribution < -0.4 is 24.6 Å². The quantitative estimate of drug-likeness (QED) is 0.342. The minimum atomic E-state index is 0.113. The highest BCUT2D eigenvalue weighted by Crippen LogP contribution is 2.34. The monoisotopic (exact) mass is 558 g/mol. The molecule has 3 atom stereocenters. The molecule has 2 saturated heterocycles. The van der Waals surface area contributed by atoms with Crippen molar-refractivity contribution in [1.82, 2.24) is 10.3 Å². The molecule has 218 valence electrons. The highest BCUT2D eigenvalue weighted by molar-refractivity contribution is 5.61. The average molecular weight is 559 g/mol. The Labute approximate surface area is 243 Å². The fourth-order valence-electron chi connectivity index (χ4n) is 6.19. The second kappa shape index (κ2) is 13.6. The first-order chi connectivity index (χ1) is 20.3. The molecule has 3 aliphatic heterocycles. The van der Waals surface area contributed by atoms with Crippen LogP contribution in [-0.4, -0.2) is 76.8 Å².